The number of aryl methyl sites for hydroxylation is 1. The van der Waals surface area contributed by atoms with Gasteiger partial charge in [0.05, 0.1) is 24.6 Å². The van der Waals surface area contributed by atoms with Gasteiger partial charge < -0.3 is 14.7 Å². The van der Waals surface area contributed by atoms with E-state index in [1.165, 1.54) is 12.0 Å². The SMILES string of the molecule is COC(=O)c1ccc(C2C(C(=O)O)CC(=O)N2c2ccc(C)cc2)cc1. The summed E-state index contributed by atoms with van der Waals surface area (Å²) in [6, 6.07) is 13.3. The molecule has 0 radical (unpaired) electrons. The minimum Gasteiger partial charge on any atom is -0.481 e. The third kappa shape index (κ3) is 3.18. The molecule has 0 saturated carbocycles. The second-order valence-corrected chi connectivity index (χ2v) is 6.31. The average Bonchev–Trinajstić information content (AvgIpc) is 2.99. The van der Waals surface area contributed by atoms with Crippen molar-refractivity contribution in [3.05, 3.63) is 65.2 Å². The lowest BCUT2D eigenvalue weighted by molar-refractivity contribution is -0.142. The first-order valence-corrected chi connectivity index (χ1v) is 8.22. The van der Waals surface area contributed by atoms with Crippen LogP contribution in [0.1, 0.15) is 33.9 Å². The van der Waals surface area contributed by atoms with Crippen molar-refractivity contribution in [3.8, 4) is 0 Å². The molecule has 0 spiro atoms. The van der Waals surface area contributed by atoms with E-state index in [0.29, 0.717) is 16.8 Å². The van der Waals surface area contributed by atoms with E-state index >= 15 is 0 Å². The van der Waals surface area contributed by atoms with E-state index in [2.05, 4.69) is 4.74 Å². The van der Waals surface area contributed by atoms with Crippen molar-refractivity contribution in [1.29, 1.82) is 0 Å². The number of aliphatic carboxylic acids is 1. The fourth-order valence-electron chi connectivity index (χ4n) is 3.28. The zero-order valence-electron chi connectivity index (χ0n) is 14.5. The minimum atomic E-state index is -1.02. The summed E-state index contributed by atoms with van der Waals surface area (Å²) in [6.07, 6.45) is -0.0629. The Hall–Kier alpha value is -3.15. The number of carbonyl (C=O) groups is 3. The van der Waals surface area contributed by atoms with Gasteiger partial charge in [-0.25, -0.2) is 4.79 Å². The topological polar surface area (TPSA) is 83.9 Å². The van der Waals surface area contributed by atoms with E-state index in [-0.39, 0.29) is 12.3 Å². The van der Waals surface area contributed by atoms with Gasteiger partial charge in [-0.2, -0.15) is 0 Å². The van der Waals surface area contributed by atoms with E-state index < -0.39 is 23.9 Å². The molecule has 0 bridgehead atoms. The van der Waals surface area contributed by atoms with E-state index in [4.69, 9.17) is 0 Å². The van der Waals surface area contributed by atoms with Crippen LogP contribution in [0, 0.1) is 12.8 Å². The maximum Gasteiger partial charge on any atom is 0.337 e. The number of hydrogen-bond donors (Lipinski definition) is 1. The number of ether oxygens (including phenoxy) is 1. The largest absolute Gasteiger partial charge is 0.481 e. The van der Waals surface area contributed by atoms with Gasteiger partial charge in [0.1, 0.15) is 0 Å². The lowest BCUT2D eigenvalue weighted by Crippen LogP contribution is -2.30. The number of carboxylic acids is 1. The van der Waals surface area contributed by atoms with Crippen LogP contribution in [0.3, 0.4) is 0 Å². The van der Waals surface area contributed by atoms with Crippen molar-refractivity contribution < 1.29 is 24.2 Å². The van der Waals surface area contributed by atoms with Crippen molar-refractivity contribution in [1.82, 2.24) is 0 Å². The molecule has 6 heteroatoms. The molecule has 2 aromatic rings. The molecule has 6 nitrogen and oxygen atoms in total. The summed E-state index contributed by atoms with van der Waals surface area (Å²) < 4.78 is 4.68. The summed E-state index contributed by atoms with van der Waals surface area (Å²) in [5.41, 5.74) is 2.74. The van der Waals surface area contributed by atoms with Crippen LogP contribution in [0.25, 0.3) is 0 Å². The zero-order valence-corrected chi connectivity index (χ0v) is 14.5. The molecule has 0 aromatic heterocycles. The Morgan fingerprint density at radius 2 is 1.69 bits per heavy atom. The maximum absolute atomic E-state index is 12.6. The Labute approximate surface area is 151 Å². The second-order valence-electron chi connectivity index (χ2n) is 6.31. The molecule has 0 aliphatic carbocycles. The Morgan fingerprint density at radius 3 is 2.23 bits per heavy atom. The lowest BCUT2D eigenvalue weighted by atomic mass is 9.93. The summed E-state index contributed by atoms with van der Waals surface area (Å²) in [7, 11) is 1.30. The van der Waals surface area contributed by atoms with E-state index in [9.17, 15) is 19.5 Å². The summed E-state index contributed by atoms with van der Waals surface area (Å²) in [4.78, 5) is 37.4. The van der Waals surface area contributed by atoms with Crippen LogP contribution in [-0.4, -0.2) is 30.1 Å². The normalized spacial score (nSPS) is 19.5. The van der Waals surface area contributed by atoms with Crippen molar-refractivity contribution in [3.63, 3.8) is 0 Å². The number of benzene rings is 2. The molecular formula is C20H19NO5. The van der Waals surface area contributed by atoms with Crippen molar-refractivity contribution in [2.75, 3.05) is 12.0 Å². The van der Waals surface area contributed by atoms with E-state index in [1.54, 1.807) is 24.3 Å². The van der Waals surface area contributed by atoms with Gasteiger partial charge in [0.2, 0.25) is 5.91 Å². The Bertz CT molecular complexity index is 842. The molecule has 2 unspecified atom stereocenters. The van der Waals surface area contributed by atoms with Gasteiger partial charge in [0.15, 0.2) is 0 Å². The van der Waals surface area contributed by atoms with Crippen molar-refractivity contribution in [2.45, 2.75) is 19.4 Å². The Balaban J connectivity index is 2.03. The van der Waals surface area contributed by atoms with Crippen LogP contribution in [-0.2, 0) is 14.3 Å². The van der Waals surface area contributed by atoms with Crippen LogP contribution in [0.4, 0.5) is 5.69 Å². The first-order valence-electron chi connectivity index (χ1n) is 8.22. The fraction of sp³-hybridized carbons (Fsp3) is 0.250. The molecule has 1 amide bonds. The smallest absolute Gasteiger partial charge is 0.337 e. The van der Waals surface area contributed by atoms with Crippen LogP contribution < -0.4 is 4.90 Å². The van der Waals surface area contributed by atoms with Crippen LogP contribution in [0.5, 0.6) is 0 Å². The zero-order chi connectivity index (χ0) is 18.8. The fourth-order valence-corrected chi connectivity index (χ4v) is 3.28. The molecule has 3 rings (SSSR count). The number of carbonyl (C=O) groups excluding carboxylic acids is 2. The molecule has 134 valence electrons. The molecule has 1 aliphatic heterocycles. The number of methoxy groups -OCH3 is 1. The van der Waals surface area contributed by atoms with Crippen molar-refractivity contribution in [2.24, 2.45) is 5.92 Å². The standard InChI is InChI=1S/C20H19NO5/c1-12-3-9-15(10-4-12)21-17(22)11-16(19(23)24)18(21)13-5-7-14(8-6-13)20(25)26-2/h3-10,16,18H,11H2,1-2H3,(H,23,24). The summed E-state index contributed by atoms with van der Waals surface area (Å²) >= 11 is 0. The molecule has 1 N–H and O–H groups in total. The highest BCUT2D eigenvalue weighted by atomic mass is 16.5. The van der Waals surface area contributed by atoms with Crippen LogP contribution >= 0.6 is 0 Å². The van der Waals surface area contributed by atoms with E-state index in [0.717, 1.165) is 5.56 Å². The third-order valence-corrected chi connectivity index (χ3v) is 4.63. The summed E-state index contributed by atoms with van der Waals surface area (Å²) in [5.74, 6) is -2.57. The first kappa shape index (κ1) is 17.7. The average molecular weight is 353 g/mol. The summed E-state index contributed by atoms with van der Waals surface area (Å²) in [5, 5.41) is 9.60. The quantitative estimate of drug-likeness (QED) is 0.855. The highest BCUT2D eigenvalue weighted by Gasteiger charge is 2.45. The molecule has 2 aromatic carbocycles. The van der Waals surface area contributed by atoms with Gasteiger partial charge in [-0.15, -0.1) is 0 Å². The van der Waals surface area contributed by atoms with Gasteiger partial charge in [0, 0.05) is 12.1 Å². The second kappa shape index (κ2) is 7.00. The Kier molecular flexibility index (Phi) is 4.75. The first-order chi connectivity index (χ1) is 12.4. The van der Waals surface area contributed by atoms with Crippen molar-refractivity contribution >= 4 is 23.5 Å². The molecule has 1 heterocycles. The number of nitrogens with zero attached hydrogens (tertiary/aromatic N) is 1. The van der Waals surface area contributed by atoms with E-state index in [1.807, 2.05) is 31.2 Å². The highest BCUT2D eigenvalue weighted by molar-refractivity contribution is 6.00. The molecular weight excluding hydrogens is 334 g/mol. The predicted molar refractivity (Wildman–Crippen MR) is 94.9 cm³/mol. The monoisotopic (exact) mass is 353 g/mol. The highest BCUT2D eigenvalue weighted by Crippen LogP contribution is 2.41. The number of amides is 1. The number of rotatable bonds is 4. The summed E-state index contributed by atoms with van der Waals surface area (Å²) in [6.45, 7) is 1.94. The molecule has 2 atom stereocenters. The van der Waals surface area contributed by atoms with Gasteiger partial charge in [0.25, 0.3) is 0 Å². The van der Waals surface area contributed by atoms with Crippen LogP contribution in [0.15, 0.2) is 48.5 Å². The lowest BCUT2D eigenvalue weighted by Gasteiger charge is -2.27. The Morgan fingerprint density at radius 1 is 1.08 bits per heavy atom. The predicted octanol–water partition coefficient (Wildman–Crippen LogP) is 2.96. The minimum absolute atomic E-state index is 0.0629. The third-order valence-electron chi connectivity index (χ3n) is 4.63. The molecule has 1 saturated heterocycles. The number of hydrogen-bond acceptors (Lipinski definition) is 4. The number of esters is 1. The molecule has 26 heavy (non-hydrogen) atoms. The van der Waals surface area contributed by atoms with Gasteiger partial charge in [-0.05, 0) is 36.8 Å². The van der Waals surface area contributed by atoms with Gasteiger partial charge >= 0.3 is 11.9 Å². The molecule has 1 fully saturated rings. The number of anilines is 1. The maximum atomic E-state index is 12.6. The van der Waals surface area contributed by atoms with Crippen LogP contribution in [0.2, 0.25) is 0 Å². The number of carboxylic acid groups (broad SMARTS) is 1. The van der Waals surface area contributed by atoms with Gasteiger partial charge in [-0.1, -0.05) is 29.8 Å². The molecule has 1 aliphatic rings. The van der Waals surface area contributed by atoms with Gasteiger partial charge in [-0.3, -0.25) is 9.59 Å².